The van der Waals surface area contributed by atoms with E-state index in [2.05, 4.69) is 5.32 Å². The first-order valence-electron chi connectivity index (χ1n) is 7.13. The van der Waals surface area contributed by atoms with Crippen molar-refractivity contribution in [3.8, 4) is 5.75 Å². The summed E-state index contributed by atoms with van der Waals surface area (Å²) in [6, 6.07) is 10.8. The molecule has 114 valence electrons. The lowest BCUT2D eigenvalue weighted by atomic mass is 10.1. The Morgan fingerprint density at radius 3 is 2.95 bits per heavy atom. The van der Waals surface area contributed by atoms with Gasteiger partial charge in [-0.1, -0.05) is 0 Å². The highest BCUT2D eigenvalue weighted by Gasteiger charge is 2.04. The second-order valence-electron chi connectivity index (χ2n) is 5.01. The van der Waals surface area contributed by atoms with Gasteiger partial charge in [-0.25, -0.2) is 4.79 Å². The topological polar surface area (TPSA) is 64.6 Å². The smallest absolute Gasteiger partial charge is 0.336 e. The molecular formula is C17H17NO4. The number of fused-ring (bicyclic) bond motifs is 1. The second kappa shape index (κ2) is 6.49. The number of aryl methyl sites for hydroxylation is 1. The zero-order valence-electron chi connectivity index (χ0n) is 12.3. The molecule has 0 spiro atoms. The van der Waals surface area contributed by atoms with Crippen LogP contribution in [-0.4, -0.2) is 13.2 Å². The molecule has 0 bridgehead atoms. The van der Waals surface area contributed by atoms with Crippen LogP contribution < -0.4 is 15.7 Å². The van der Waals surface area contributed by atoms with Crippen LogP contribution in [0.2, 0.25) is 0 Å². The van der Waals surface area contributed by atoms with Crippen molar-refractivity contribution >= 4 is 11.0 Å². The molecule has 3 aromatic rings. The Morgan fingerprint density at radius 1 is 1.23 bits per heavy atom. The SMILES string of the molecule is Cc1cc(=O)oc2cc(OCCNCc3ccco3)ccc12. The highest BCUT2D eigenvalue weighted by atomic mass is 16.5. The van der Waals surface area contributed by atoms with E-state index in [0.717, 1.165) is 16.7 Å². The van der Waals surface area contributed by atoms with E-state index >= 15 is 0 Å². The highest BCUT2D eigenvalue weighted by molar-refractivity contribution is 5.81. The van der Waals surface area contributed by atoms with E-state index in [4.69, 9.17) is 13.6 Å². The third-order valence-corrected chi connectivity index (χ3v) is 3.35. The van der Waals surface area contributed by atoms with Crippen molar-refractivity contribution in [1.29, 1.82) is 0 Å². The molecule has 0 aliphatic carbocycles. The first-order valence-corrected chi connectivity index (χ1v) is 7.13. The number of nitrogens with one attached hydrogen (secondary N) is 1. The van der Waals surface area contributed by atoms with Crippen LogP contribution in [0, 0.1) is 6.92 Å². The Labute approximate surface area is 127 Å². The van der Waals surface area contributed by atoms with Crippen LogP contribution in [0.4, 0.5) is 0 Å². The Kier molecular flexibility index (Phi) is 4.25. The molecular weight excluding hydrogens is 282 g/mol. The zero-order chi connectivity index (χ0) is 15.4. The van der Waals surface area contributed by atoms with E-state index in [9.17, 15) is 4.79 Å². The molecule has 1 N–H and O–H groups in total. The Hall–Kier alpha value is -2.53. The number of furan rings is 1. The largest absolute Gasteiger partial charge is 0.492 e. The van der Waals surface area contributed by atoms with Crippen LogP contribution in [0.3, 0.4) is 0 Å². The van der Waals surface area contributed by atoms with Gasteiger partial charge in [0.2, 0.25) is 0 Å². The molecule has 22 heavy (non-hydrogen) atoms. The lowest BCUT2D eigenvalue weighted by Gasteiger charge is -2.08. The van der Waals surface area contributed by atoms with Gasteiger partial charge in [-0.2, -0.15) is 0 Å². The number of rotatable bonds is 6. The van der Waals surface area contributed by atoms with Crippen LogP contribution in [0.1, 0.15) is 11.3 Å². The van der Waals surface area contributed by atoms with Crippen molar-refractivity contribution in [2.75, 3.05) is 13.2 Å². The van der Waals surface area contributed by atoms with Gasteiger partial charge >= 0.3 is 5.63 Å². The van der Waals surface area contributed by atoms with Gasteiger partial charge in [-0.15, -0.1) is 0 Å². The summed E-state index contributed by atoms with van der Waals surface area (Å²) in [6.07, 6.45) is 1.65. The molecule has 1 aromatic carbocycles. The maximum atomic E-state index is 11.4. The highest BCUT2D eigenvalue weighted by Crippen LogP contribution is 2.22. The molecule has 5 heteroatoms. The van der Waals surface area contributed by atoms with E-state index in [-0.39, 0.29) is 5.63 Å². The van der Waals surface area contributed by atoms with Crippen LogP contribution in [0.5, 0.6) is 5.75 Å². The lowest BCUT2D eigenvalue weighted by Crippen LogP contribution is -2.20. The van der Waals surface area contributed by atoms with Gasteiger partial charge in [-0.3, -0.25) is 0 Å². The average molecular weight is 299 g/mol. The van der Waals surface area contributed by atoms with Crippen LogP contribution in [0.25, 0.3) is 11.0 Å². The number of hydrogen-bond acceptors (Lipinski definition) is 5. The summed E-state index contributed by atoms with van der Waals surface area (Å²) < 4.78 is 16.1. The molecule has 3 rings (SSSR count). The maximum absolute atomic E-state index is 11.4. The normalized spacial score (nSPS) is 11.0. The fourth-order valence-electron chi connectivity index (χ4n) is 2.26. The first-order chi connectivity index (χ1) is 10.7. The quantitative estimate of drug-likeness (QED) is 0.560. The predicted molar refractivity (Wildman–Crippen MR) is 83.1 cm³/mol. The number of benzene rings is 1. The van der Waals surface area contributed by atoms with Crippen LogP contribution in [-0.2, 0) is 6.54 Å². The Morgan fingerprint density at radius 2 is 2.14 bits per heavy atom. The first kappa shape index (κ1) is 14.4. The summed E-state index contributed by atoms with van der Waals surface area (Å²) in [4.78, 5) is 11.4. The molecule has 2 heterocycles. The minimum atomic E-state index is -0.345. The zero-order valence-corrected chi connectivity index (χ0v) is 12.3. The molecule has 0 amide bonds. The number of ether oxygens (including phenoxy) is 1. The minimum Gasteiger partial charge on any atom is -0.492 e. The van der Waals surface area contributed by atoms with Crippen molar-refractivity contribution in [1.82, 2.24) is 5.32 Å². The molecule has 0 saturated heterocycles. The molecule has 0 radical (unpaired) electrons. The summed E-state index contributed by atoms with van der Waals surface area (Å²) in [5.41, 5.74) is 1.10. The van der Waals surface area contributed by atoms with Crippen molar-refractivity contribution in [2.24, 2.45) is 0 Å². The fraction of sp³-hybridized carbons (Fsp3) is 0.235. The van der Waals surface area contributed by atoms with Crippen molar-refractivity contribution in [3.63, 3.8) is 0 Å². The Bertz CT molecular complexity index is 805. The lowest BCUT2D eigenvalue weighted by molar-refractivity contribution is 0.311. The second-order valence-corrected chi connectivity index (χ2v) is 5.01. The standard InChI is InChI=1S/C17H17NO4/c1-12-9-17(19)22-16-10-13(4-5-15(12)16)21-8-6-18-11-14-3-2-7-20-14/h2-5,7,9-10,18H,6,8,11H2,1H3. The van der Waals surface area contributed by atoms with Gasteiger partial charge in [0.25, 0.3) is 0 Å². The summed E-state index contributed by atoms with van der Waals surface area (Å²) >= 11 is 0. The predicted octanol–water partition coefficient (Wildman–Crippen LogP) is 2.86. The molecule has 2 aromatic heterocycles. The monoisotopic (exact) mass is 299 g/mol. The van der Waals surface area contributed by atoms with Crippen molar-refractivity contribution < 1.29 is 13.6 Å². The summed E-state index contributed by atoms with van der Waals surface area (Å²) in [5.74, 6) is 1.57. The summed E-state index contributed by atoms with van der Waals surface area (Å²) in [7, 11) is 0. The molecule has 0 fully saturated rings. The van der Waals surface area contributed by atoms with Crippen molar-refractivity contribution in [3.05, 3.63) is 64.4 Å². The van der Waals surface area contributed by atoms with Gasteiger partial charge in [0.1, 0.15) is 23.7 Å². The third-order valence-electron chi connectivity index (χ3n) is 3.35. The van der Waals surface area contributed by atoms with E-state index in [0.29, 0.717) is 31.0 Å². The molecule has 0 atom stereocenters. The van der Waals surface area contributed by atoms with Gasteiger partial charge in [-0.05, 0) is 36.8 Å². The van der Waals surface area contributed by atoms with Gasteiger partial charge < -0.3 is 18.9 Å². The van der Waals surface area contributed by atoms with Crippen molar-refractivity contribution in [2.45, 2.75) is 13.5 Å². The van der Waals surface area contributed by atoms with Crippen LogP contribution in [0.15, 0.2) is 56.3 Å². The third kappa shape index (κ3) is 3.38. The van der Waals surface area contributed by atoms with Gasteiger partial charge in [0.05, 0.1) is 12.8 Å². The van der Waals surface area contributed by atoms with Gasteiger partial charge in [0.15, 0.2) is 0 Å². The Balaban J connectivity index is 1.56. The van der Waals surface area contributed by atoms with Crippen LogP contribution >= 0.6 is 0 Å². The molecule has 5 nitrogen and oxygen atoms in total. The van der Waals surface area contributed by atoms with Gasteiger partial charge in [0, 0.05) is 24.1 Å². The molecule has 0 unspecified atom stereocenters. The molecule has 0 aliphatic rings. The van der Waals surface area contributed by atoms with E-state index in [1.165, 1.54) is 6.07 Å². The number of hydrogen-bond donors (Lipinski definition) is 1. The maximum Gasteiger partial charge on any atom is 0.336 e. The molecule has 0 aliphatic heterocycles. The summed E-state index contributed by atoms with van der Waals surface area (Å²) in [5, 5.41) is 4.14. The van der Waals surface area contributed by atoms with E-state index in [1.807, 2.05) is 31.2 Å². The van der Waals surface area contributed by atoms with E-state index in [1.54, 1.807) is 12.3 Å². The minimum absolute atomic E-state index is 0.345. The summed E-state index contributed by atoms with van der Waals surface area (Å²) in [6.45, 7) is 3.76. The molecule has 0 saturated carbocycles. The average Bonchev–Trinajstić information content (AvgIpc) is 2.99. The van der Waals surface area contributed by atoms with E-state index < -0.39 is 0 Å². The fourth-order valence-corrected chi connectivity index (χ4v) is 2.26.